The zero-order valence-electron chi connectivity index (χ0n) is 18.4. The van der Waals surface area contributed by atoms with E-state index in [1.807, 2.05) is 9.80 Å². The van der Waals surface area contributed by atoms with Gasteiger partial charge in [0.15, 0.2) is 0 Å². The second kappa shape index (κ2) is 8.67. The highest BCUT2D eigenvalue weighted by Gasteiger charge is 2.45. The number of nitrogens with zero attached hydrogens (tertiary/aromatic N) is 3. The topological polar surface area (TPSA) is 90.0 Å². The van der Waals surface area contributed by atoms with Gasteiger partial charge in [0.2, 0.25) is 15.9 Å². The van der Waals surface area contributed by atoms with Gasteiger partial charge in [-0.25, -0.2) is 17.9 Å². The first-order valence-corrected chi connectivity index (χ1v) is 13.3. The van der Waals surface area contributed by atoms with Crippen LogP contribution in [0.2, 0.25) is 0 Å². The Balaban J connectivity index is 1.16. The molecule has 4 saturated heterocycles. The van der Waals surface area contributed by atoms with Gasteiger partial charge in [0.05, 0.1) is 4.90 Å². The van der Waals surface area contributed by atoms with Gasteiger partial charge in [-0.1, -0.05) is 18.2 Å². The van der Waals surface area contributed by atoms with Crippen LogP contribution in [0.3, 0.4) is 0 Å². The van der Waals surface area contributed by atoms with E-state index in [1.54, 1.807) is 30.3 Å². The summed E-state index contributed by atoms with van der Waals surface area (Å²) in [5, 5.41) is 0. The number of likely N-dealkylation sites (tertiary alicyclic amines) is 2. The molecular weight excluding hydrogens is 428 g/mol. The fourth-order valence-electron chi connectivity index (χ4n) is 6.04. The lowest BCUT2D eigenvalue weighted by molar-refractivity contribution is -0.144. The molecule has 8 nitrogen and oxygen atoms in total. The van der Waals surface area contributed by atoms with Crippen LogP contribution in [0.1, 0.15) is 38.5 Å². The van der Waals surface area contributed by atoms with Crippen molar-refractivity contribution in [3.05, 3.63) is 30.3 Å². The number of fused-ring (bicyclic) bond motifs is 4. The summed E-state index contributed by atoms with van der Waals surface area (Å²) in [6.07, 6.45) is 5.02. The van der Waals surface area contributed by atoms with Gasteiger partial charge in [-0.2, -0.15) is 0 Å². The Morgan fingerprint density at radius 1 is 0.969 bits per heavy atom. The average molecular weight is 461 g/mol. The number of amides is 3. The Morgan fingerprint density at radius 2 is 1.72 bits per heavy atom. The summed E-state index contributed by atoms with van der Waals surface area (Å²) in [4.78, 5) is 31.8. The third-order valence-corrected chi connectivity index (χ3v) is 9.13. The third-order valence-electron chi connectivity index (χ3n) is 7.59. The predicted octanol–water partition coefficient (Wildman–Crippen LogP) is 1.88. The number of hydrogen-bond donors (Lipinski definition) is 1. The SMILES string of the molecule is O=C(N1CCC(NS(=O)(=O)c2ccccc2)CC1)N1C[C@H]2C[C@H](C1)[C@H]1CCCC(=O)N1C2. The third kappa shape index (κ3) is 4.24. The van der Waals surface area contributed by atoms with Crippen LogP contribution in [0.5, 0.6) is 0 Å². The largest absolute Gasteiger partial charge is 0.339 e. The summed E-state index contributed by atoms with van der Waals surface area (Å²) >= 11 is 0. The molecule has 1 aromatic carbocycles. The van der Waals surface area contributed by atoms with Crippen molar-refractivity contribution in [1.29, 1.82) is 0 Å². The van der Waals surface area contributed by atoms with E-state index in [2.05, 4.69) is 9.62 Å². The average Bonchev–Trinajstić information content (AvgIpc) is 2.80. The molecule has 3 atom stereocenters. The molecule has 0 spiro atoms. The molecule has 5 rings (SSSR count). The lowest BCUT2D eigenvalue weighted by atomic mass is 9.76. The number of carbonyl (C=O) groups is 2. The summed E-state index contributed by atoms with van der Waals surface area (Å²) in [6.45, 7) is 3.34. The van der Waals surface area contributed by atoms with Crippen molar-refractivity contribution < 1.29 is 18.0 Å². The van der Waals surface area contributed by atoms with Crippen LogP contribution in [0, 0.1) is 11.8 Å². The van der Waals surface area contributed by atoms with Gasteiger partial charge in [-0.3, -0.25) is 4.79 Å². The number of carbonyl (C=O) groups excluding carboxylic acids is 2. The highest BCUT2D eigenvalue weighted by Crippen LogP contribution is 2.38. The monoisotopic (exact) mass is 460 g/mol. The van der Waals surface area contributed by atoms with Gasteiger partial charge in [-0.15, -0.1) is 0 Å². The lowest BCUT2D eigenvalue weighted by Gasteiger charge is -2.53. The zero-order valence-corrected chi connectivity index (χ0v) is 19.2. The Labute approximate surface area is 190 Å². The van der Waals surface area contributed by atoms with E-state index in [-0.39, 0.29) is 22.9 Å². The molecule has 174 valence electrons. The molecule has 0 aliphatic carbocycles. The zero-order chi connectivity index (χ0) is 22.3. The number of piperidine rings is 4. The normalized spacial score (nSPS) is 29.1. The number of hydrogen-bond acceptors (Lipinski definition) is 4. The smallest absolute Gasteiger partial charge is 0.320 e. The molecule has 32 heavy (non-hydrogen) atoms. The van der Waals surface area contributed by atoms with Crippen molar-refractivity contribution in [2.24, 2.45) is 11.8 Å². The fraction of sp³-hybridized carbons (Fsp3) is 0.652. The van der Waals surface area contributed by atoms with Crippen LogP contribution in [0.4, 0.5) is 4.79 Å². The van der Waals surface area contributed by atoms with E-state index in [0.29, 0.717) is 56.8 Å². The molecule has 4 fully saturated rings. The maximum Gasteiger partial charge on any atom is 0.320 e. The minimum atomic E-state index is -3.54. The van der Waals surface area contributed by atoms with Crippen molar-refractivity contribution in [1.82, 2.24) is 19.4 Å². The van der Waals surface area contributed by atoms with Gasteiger partial charge in [-0.05, 0) is 56.1 Å². The molecule has 0 radical (unpaired) electrons. The van der Waals surface area contributed by atoms with Gasteiger partial charge < -0.3 is 14.7 Å². The number of rotatable bonds is 3. The van der Waals surface area contributed by atoms with Crippen LogP contribution in [0.25, 0.3) is 0 Å². The van der Waals surface area contributed by atoms with E-state index in [4.69, 9.17) is 0 Å². The number of sulfonamides is 1. The second-order valence-corrected chi connectivity index (χ2v) is 11.5. The van der Waals surface area contributed by atoms with Crippen molar-refractivity contribution in [2.45, 2.75) is 55.5 Å². The van der Waals surface area contributed by atoms with Crippen LogP contribution in [0.15, 0.2) is 35.2 Å². The van der Waals surface area contributed by atoms with E-state index < -0.39 is 10.0 Å². The van der Waals surface area contributed by atoms with Crippen molar-refractivity contribution in [3.63, 3.8) is 0 Å². The molecule has 4 aliphatic rings. The molecule has 0 aromatic heterocycles. The molecule has 9 heteroatoms. The number of nitrogens with one attached hydrogen (secondary N) is 1. The highest BCUT2D eigenvalue weighted by molar-refractivity contribution is 7.89. The summed E-state index contributed by atoms with van der Waals surface area (Å²) in [5.74, 6) is 1.04. The van der Waals surface area contributed by atoms with Crippen molar-refractivity contribution in [3.8, 4) is 0 Å². The quantitative estimate of drug-likeness (QED) is 0.746. The highest BCUT2D eigenvalue weighted by atomic mass is 32.2. The molecular formula is C23H32N4O4S. The fourth-order valence-corrected chi connectivity index (χ4v) is 7.37. The Kier molecular flexibility index (Phi) is 5.88. The van der Waals surface area contributed by atoms with Gasteiger partial charge in [0.1, 0.15) is 0 Å². The predicted molar refractivity (Wildman–Crippen MR) is 119 cm³/mol. The first-order chi connectivity index (χ1) is 15.4. The lowest BCUT2D eigenvalue weighted by Crippen LogP contribution is -2.62. The Morgan fingerprint density at radius 3 is 2.47 bits per heavy atom. The maximum absolute atomic E-state index is 13.3. The number of benzene rings is 1. The first-order valence-electron chi connectivity index (χ1n) is 11.8. The summed E-state index contributed by atoms with van der Waals surface area (Å²) in [7, 11) is -3.54. The molecule has 3 amide bonds. The molecule has 1 aromatic rings. The van der Waals surface area contributed by atoms with Gasteiger partial charge >= 0.3 is 6.03 Å². The summed E-state index contributed by atoms with van der Waals surface area (Å²) in [6, 6.07) is 8.61. The van der Waals surface area contributed by atoms with Crippen LogP contribution in [-0.4, -0.2) is 79.9 Å². The van der Waals surface area contributed by atoms with E-state index in [1.165, 1.54) is 0 Å². The molecule has 4 heterocycles. The molecule has 2 bridgehead atoms. The molecule has 4 aliphatic heterocycles. The summed E-state index contributed by atoms with van der Waals surface area (Å²) in [5.41, 5.74) is 0. The molecule has 1 N–H and O–H groups in total. The van der Waals surface area contributed by atoms with E-state index in [9.17, 15) is 18.0 Å². The first kappa shape index (κ1) is 21.7. The maximum atomic E-state index is 13.3. The van der Waals surface area contributed by atoms with Gasteiger partial charge in [0.25, 0.3) is 0 Å². The Hall–Kier alpha value is -2.13. The van der Waals surface area contributed by atoms with Crippen LogP contribution in [-0.2, 0) is 14.8 Å². The molecule has 0 unspecified atom stereocenters. The number of urea groups is 1. The Bertz CT molecular complexity index is 961. The van der Waals surface area contributed by atoms with Crippen LogP contribution < -0.4 is 4.72 Å². The summed E-state index contributed by atoms with van der Waals surface area (Å²) < 4.78 is 28.0. The van der Waals surface area contributed by atoms with Crippen LogP contribution >= 0.6 is 0 Å². The molecule has 0 saturated carbocycles. The minimum Gasteiger partial charge on any atom is -0.339 e. The van der Waals surface area contributed by atoms with Crippen molar-refractivity contribution >= 4 is 22.0 Å². The van der Waals surface area contributed by atoms with Crippen molar-refractivity contribution in [2.75, 3.05) is 32.7 Å². The second-order valence-electron chi connectivity index (χ2n) is 9.75. The standard InChI is InChI=1S/C23H32N4O4S/c28-22-8-4-7-21-18-13-17(15-27(21)22)14-26(16-18)23(29)25-11-9-19(10-12-25)24-32(30,31)20-5-2-1-3-6-20/h1-3,5-6,17-19,21,24H,4,7-16H2/t17-,18-,21-/m1/s1. The van der Waals surface area contributed by atoms with Gasteiger partial charge in [0, 0.05) is 51.2 Å². The van der Waals surface area contributed by atoms with E-state index >= 15 is 0 Å². The minimum absolute atomic E-state index is 0.0691. The van der Waals surface area contributed by atoms with E-state index in [0.717, 1.165) is 32.4 Å².